The molecule has 8 bridgehead atoms. The molecule has 12 aliphatic carbocycles. The van der Waals surface area contributed by atoms with Gasteiger partial charge in [-0.25, -0.2) is 28.8 Å². The van der Waals surface area contributed by atoms with Crippen molar-refractivity contribution in [3.63, 3.8) is 0 Å². The van der Waals surface area contributed by atoms with Crippen LogP contribution >= 0.6 is 0 Å². The molecule has 0 saturated heterocycles. The van der Waals surface area contributed by atoms with Crippen molar-refractivity contribution in [1.82, 2.24) is 0 Å². The Labute approximate surface area is 588 Å². The average molecular weight is 1350 g/mol. The SMILES string of the molecule is C=C(C)C(=O)OC(C)(C)C12CC3CC(CC(C3)C1)C2.C=C(C)C(=O)OC(C)(C)C1CC2CC1C1CCCC21.C=C(C)C(=O)OC(C)(C)C1CC2CCC1C2.C=C(C)C(=O)OC(C)(C)C1CC=CC1.C=C(C)C(=O)OC(C)(C)C1CCCC1.C=C(C)C(=O)OC(C)(C)C1CCCCC1. The van der Waals surface area contributed by atoms with Crippen LogP contribution in [0.4, 0.5) is 0 Å². The molecular weight excluding hydrogens is 1210 g/mol. The summed E-state index contributed by atoms with van der Waals surface area (Å²) in [5.74, 6) is 8.98. The van der Waals surface area contributed by atoms with E-state index in [1.807, 2.05) is 41.5 Å². The molecule has 0 spiro atoms. The predicted octanol–water partition coefficient (Wildman–Crippen LogP) is 20.8. The first kappa shape index (κ1) is 81.0. The fourth-order valence-corrected chi connectivity index (χ4v) is 19.9. The Balaban J connectivity index is 0.000000185. The number of hydrogen-bond acceptors (Lipinski definition) is 12. The molecule has 8 unspecified atom stereocenters. The van der Waals surface area contributed by atoms with E-state index < -0.39 is 0 Å². The van der Waals surface area contributed by atoms with Crippen LogP contribution in [0.3, 0.4) is 0 Å². The van der Waals surface area contributed by atoms with Gasteiger partial charge in [-0.3, -0.25) is 0 Å². The first-order valence-corrected chi connectivity index (χ1v) is 37.9. The molecule has 12 aliphatic rings. The highest BCUT2D eigenvalue weighted by molar-refractivity contribution is 5.89. The number of fused-ring (bicyclic) bond motifs is 7. The number of hydrogen-bond donors (Lipinski definition) is 0. The number of carbonyl (C=O) groups is 6. The van der Waals surface area contributed by atoms with Crippen molar-refractivity contribution in [3.05, 3.63) is 85.1 Å². The summed E-state index contributed by atoms with van der Waals surface area (Å²) in [7, 11) is 0. The molecule has 12 nitrogen and oxygen atoms in total. The molecule has 0 aromatic carbocycles. The second-order valence-corrected chi connectivity index (χ2v) is 35.7. The highest BCUT2D eigenvalue weighted by atomic mass is 16.6. The predicted molar refractivity (Wildman–Crippen MR) is 390 cm³/mol. The van der Waals surface area contributed by atoms with E-state index in [2.05, 4.69) is 93.2 Å². The first-order chi connectivity index (χ1) is 44.9. The van der Waals surface area contributed by atoms with Gasteiger partial charge in [-0.1, -0.05) is 96.6 Å². The zero-order chi connectivity index (χ0) is 72.6. The van der Waals surface area contributed by atoms with Gasteiger partial charge in [0.25, 0.3) is 0 Å². The van der Waals surface area contributed by atoms with Gasteiger partial charge in [0.2, 0.25) is 0 Å². The van der Waals surface area contributed by atoms with Crippen LogP contribution in [0.25, 0.3) is 0 Å². The topological polar surface area (TPSA) is 158 Å². The Bertz CT molecular complexity index is 2810. The maximum Gasteiger partial charge on any atom is 0.333 e. The number of carbonyl (C=O) groups excluding carboxylic acids is 6. The Morgan fingerprint density at radius 1 is 0.320 bits per heavy atom. The van der Waals surface area contributed by atoms with E-state index >= 15 is 0 Å². The molecule has 0 radical (unpaired) electrons. The quantitative estimate of drug-likeness (QED) is 0.0554. The molecular formula is C85H134O12. The molecule has 0 heterocycles. The first-order valence-electron chi connectivity index (χ1n) is 37.9. The van der Waals surface area contributed by atoms with E-state index in [1.54, 1.807) is 41.5 Å². The van der Waals surface area contributed by atoms with Gasteiger partial charge in [-0.05, 0) is 312 Å². The van der Waals surface area contributed by atoms with E-state index in [0.717, 1.165) is 66.1 Å². The van der Waals surface area contributed by atoms with Crippen LogP contribution in [0.5, 0.6) is 0 Å². The van der Waals surface area contributed by atoms with Gasteiger partial charge < -0.3 is 28.4 Å². The van der Waals surface area contributed by atoms with Crippen molar-refractivity contribution in [3.8, 4) is 0 Å². The largest absolute Gasteiger partial charge is 0.456 e. The lowest BCUT2D eigenvalue weighted by molar-refractivity contribution is -0.195. The third kappa shape index (κ3) is 21.3. The summed E-state index contributed by atoms with van der Waals surface area (Å²) in [5.41, 5.74) is 1.12. The zero-order valence-corrected chi connectivity index (χ0v) is 64.3. The fourth-order valence-electron chi connectivity index (χ4n) is 19.9. The molecule has 12 rings (SSSR count). The number of esters is 6. The molecule has 0 N–H and O–H groups in total. The third-order valence-electron chi connectivity index (χ3n) is 25.4. The summed E-state index contributed by atoms with van der Waals surface area (Å²) in [5, 5.41) is 0. The monoisotopic (exact) mass is 1350 g/mol. The number of ether oxygens (including phenoxy) is 6. The van der Waals surface area contributed by atoms with Crippen LogP contribution < -0.4 is 0 Å². The van der Waals surface area contributed by atoms with Crippen molar-refractivity contribution in [2.45, 2.75) is 325 Å². The maximum absolute atomic E-state index is 11.9. The van der Waals surface area contributed by atoms with Gasteiger partial charge >= 0.3 is 35.8 Å². The Hall–Kier alpha value is -5.00. The fraction of sp³-hybridized carbons (Fsp3) is 0.765. The summed E-state index contributed by atoms with van der Waals surface area (Å²) in [6, 6.07) is 0. The third-order valence-corrected chi connectivity index (χ3v) is 25.4. The Morgan fingerprint density at radius 3 is 1.04 bits per heavy atom. The molecule has 546 valence electrons. The molecule has 0 aromatic heterocycles. The molecule has 11 fully saturated rings. The minimum Gasteiger partial charge on any atom is -0.456 e. The molecule has 97 heavy (non-hydrogen) atoms. The average Bonchev–Trinajstić information content (AvgIpc) is 0.973. The minimum absolute atomic E-state index is 0.222. The van der Waals surface area contributed by atoms with E-state index in [9.17, 15) is 28.8 Å². The van der Waals surface area contributed by atoms with Crippen LogP contribution in [0.1, 0.15) is 292 Å². The van der Waals surface area contributed by atoms with Crippen molar-refractivity contribution >= 4 is 35.8 Å². The Morgan fingerprint density at radius 2 is 0.670 bits per heavy atom. The second-order valence-electron chi connectivity index (χ2n) is 35.7. The second kappa shape index (κ2) is 33.2. The highest BCUT2D eigenvalue weighted by Gasteiger charge is 2.60. The van der Waals surface area contributed by atoms with E-state index in [4.69, 9.17) is 28.4 Å². The number of allylic oxidation sites excluding steroid dienone is 2. The van der Waals surface area contributed by atoms with Crippen LogP contribution in [0.2, 0.25) is 0 Å². The normalized spacial score (nSPS) is 29.2. The standard InChI is InChI=1S/2C17H26O2.C14H22O2.C13H22O2.C12H20O2.C12H18O2/c1-11(2)15(18)19-16(3,4)17-8-12-5-13(9-17)7-14(6-12)10-17;1-10(2)16(18)19-17(3,4)15-9-11-8-14(15)13-7-5-6-12(11)13;1-9(2)13(15)16-14(3,4)12-8-10-5-6-11(12)7-10;1-10(2)12(14)15-13(3,4)11-8-6-5-7-9-11;2*1-9(2)11(13)14-12(3,4)10-7-5-6-8-10/h12-14H,1,5-10H2,2-4H3;11-15H,1,5-9H2,2-4H3;10-12H,1,5-8H2,2-4H3;11H,1,5-9H2,2-4H3;10H,1,5-8H2,2-4H3;5-6,10H,1,7-8H2,2-4H3. The van der Waals surface area contributed by atoms with Crippen LogP contribution in [-0.2, 0) is 57.2 Å². The van der Waals surface area contributed by atoms with E-state index in [-0.39, 0.29) is 74.8 Å². The number of rotatable bonds is 18. The summed E-state index contributed by atoms with van der Waals surface area (Å²) < 4.78 is 33.5. The highest BCUT2D eigenvalue weighted by Crippen LogP contribution is 2.65. The summed E-state index contributed by atoms with van der Waals surface area (Å²) in [6.07, 6.45) is 37.6. The smallest absolute Gasteiger partial charge is 0.333 e. The molecule has 8 atom stereocenters. The van der Waals surface area contributed by atoms with Gasteiger partial charge in [0.15, 0.2) is 0 Å². The lowest BCUT2D eigenvalue weighted by atomic mass is 9.46. The molecule has 0 aromatic rings. The molecule has 11 saturated carbocycles. The molecule has 12 heteroatoms. The van der Waals surface area contributed by atoms with Gasteiger partial charge in [0, 0.05) is 56.6 Å². The maximum atomic E-state index is 11.9. The van der Waals surface area contributed by atoms with Crippen molar-refractivity contribution in [2.75, 3.05) is 0 Å². The van der Waals surface area contributed by atoms with Crippen LogP contribution in [0.15, 0.2) is 85.1 Å². The van der Waals surface area contributed by atoms with E-state index in [0.29, 0.717) is 63.0 Å². The van der Waals surface area contributed by atoms with Crippen LogP contribution in [-0.4, -0.2) is 69.4 Å². The van der Waals surface area contributed by atoms with Gasteiger partial charge in [-0.2, -0.15) is 0 Å². The van der Waals surface area contributed by atoms with Gasteiger partial charge in [-0.15, -0.1) is 0 Å². The van der Waals surface area contributed by atoms with Crippen molar-refractivity contribution in [2.24, 2.45) is 88.3 Å². The van der Waals surface area contributed by atoms with Crippen LogP contribution in [0, 0.1) is 88.3 Å². The summed E-state index contributed by atoms with van der Waals surface area (Å²) >= 11 is 0. The van der Waals surface area contributed by atoms with E-state index in [1.165, 1.54) is 154 Å². The lowest BCUT2D eigenvalue weighted by Gasteiger charge is -2.61. The Kier molecular flexibility index (Phi) is 27.7. The summed E-state index contributed by atoms with van der Waals surface area (Å²) in [6.45, 7) is 56.6. The van der Waals surface area contributed by atoms with Crippen molar-refractivity contribution < 1.29 is 57.2 Å². The van der Waals surface area contributed by atoms with Crippen molar-refractivity contribution in [1.29, 1.82) is 0 Å². The lowest BCUT2D eigenvalue weighted by Crippen LogP contribution is -2.57. The molecule has 0 amide bonds. The zero-order valence-electron chi connectivity index (χ0n) is 64.3. The molecule has 0 aliphatic heterocycles. The van der Waals surface area contributed by atoms with Gasteiger partial charge in [0.1, 0.15) is 33.6 Å². The summed E-state index contributed by atoms with van der Waals surface area (Å²) in [4.78, 5) is 69.6. The van der Waals surface area contributed by atoms with Gasteiger partial charge in [0.05, 0.1) is 0 Å². The minimum atomic E-state index is -0.389.